The van der Waals surface area contributed by atoms with E-state index in [2.05, 4.69) is 26.8 Å². The molecule has 92 valence electrons. The molecule has 6 heteroatoms. The van der Waals surface area contributed by atoms with Crippen LogP contribution in [0.25, 0.3) is 0 Å². The fraction of sp³-hybridized carbons (Fsp3) is 0.545. The Bertz CT molecular complexity index is 462. The van der Waals surface area contributed by atoms with Crippen LogP contribution in [0.2, 0.25) is 0 Å². The minimum Gasteiger partial charge on any atom is -0.396 e. The van der Waals surface area contributed by atoms with Crippen molar-refractivity contribution in [2.75, 3.05) is 6.61 Å². The van der Waals surface area contributed by atoms with Crippen molar-refractivity contribution in [2.24, 2.45) is 0 Å². The van der Waals surface area contributed by atoms with Gasteiger partial charge in [0.2, 0.25) is 0 Å². The zero-order chi connectivity index (χ0) is 12.1. The summed E-state index contributed by atoms with van der Waals surface area (Å²) in [5.74, 6) is 0.978. The Kier molecular flexibility index (Phi) is 3.87. The van der Waals surface area contributed by atoms with E-state index in [0.717, 1.165) is 30.9 Å². The molecule has 0 saturated heterocycles. The maximum atomic E-state index is 8.74. The average molecular weight is 235 g/mol. The first kappa shape index (κ1) is 11.8. The van der Waals surface area contributed by atoms with E-state index in [0.29, 0.717) is 6.54 Å². The zero-order valence-corrected chi connectivity index (χ0v) is 9.95. The van der Waals surface area contributed by atoms with Crippen LogP contribution in [0.1, 0.15) is 24.9 Å². The fourth-order valence-corrected chi connectivity index (χ4v) is 1.72. The van der Waals surface area contributed by atoms with Gasteiger partial charge in [0, 0.05) is 31.7 Å². The molecule has 0 spiro atoms. The lowest BCUT2D eigenvalue weighted by Crippen LogP contribution is -2.08. The van der Waals surface area contributed by atoms with Gasteiger partial charge in [-0.1, -0.05) is 5.21 Å². The molecule has 0 radical (unpaired) electrons. The van der Waals surface area contributed by atoms with Crippen LogP contribution < -0.4 is 0 Å². The second-order valence-electron chi connectivity index (χ2n) is 3.86. The van der Waals surface area contributed by atoms with Gasteiger partial charge >= 0.3 is 0 Å². The number of rotatable bonds is 6. The van der Waals surface area contributed by atoms with Crippen molar-refractivity contribution in [1.82, 2.24) is 24.5 Å². The number of hydrogen-bond acceptors (Lipinski definition) is 4. The van der Waals surface area contributed by atoms with Gasteiger partial charge in [-0.3, -0.25) is 0 Å². The molecule has 2 aromatic rings. The summed E-state index contributed by atoms with van der Waals surface area (Å²) in [4.78, 5) is 4.29. The highest BCUT2D eigenvalue weighted by Gasteiger charge is 2.05. The van der Waals surface area contributed by atoms with Crippen molar-refractivity contribution in [1.29, 1.82) is 0 Å². The minimum absolute atomic E-state index is 0.188. The average Bonchev–Trinajstić information content (AvgIpc) is 2.96. The lowest BCUT2D eigenvalue weighted by atomic mass is 10.3. The quantitative estimate of drug-likeness (QED) is 0.790. The predicted octanol–water partition coefficient (Wildman–Crippen LogP) is 0.468. The maximum Gasteiger partial charge on any atom is 0.130 e. The number of aromatic nitrogens is 5. The summed E-state index contributed by atoms with van der Waals surface area (Å²) < 4.78 is 3.86. The largest absolute Gasteiger partial charge is 0.396 e. The van der Waals surface area contributed by atoms with Crippen LogP contribution in [0.5, 0.6) is 0 Å². The minimum atomic E-state index is 0.188. The summed E-state index contributed by atoms with van der Waals surface area (Å²) in [5.41, 5.74) is 0.911. The van der Waals surface area contributed by atoms with Crippen molar-refractivity contribution >= 4 is 0 Å². The number of imidazole rings is 1. The fourth-order valence-electron chi connectivity index (χ4n) is 1.72. The SMILES string of the molecule is CCn1ccnc1Cn1cc(CCCO)nn1. The van der Waals surface area contributed by atoms with Crippen LogP contribution >= 0.6 is 0 Å². The Morgan fingerprint density at radius 3 is 3.06 bits per heavy atom. The number of nitrogens with zero attached hydrogens (tertiary/aromatic N) is 5. The van der Waals surface area contributed by atoms with Crippen LogP contribution in [-0.2, 0) is 19.5 Å². The van der Waals surface area contributed by atoms with Crippen LogP contribution in [0.15, 0.2) is 18.6 Å². The Morgan fingerprint density at radius 2 is 2.29 bits per heavy atom. The van der Waals surface area contributed by atoms with Crippen molar-refractivity contribution in [3.8, 4) is 0 Å². The van der Waals surface area contributed by atoms with E-state index in [4.69, 9.17) is 5.11 Å². The Hall–Kier alpha value is -1.69. The molecule has 6 nitrogen and oxygen atoms in total. The first-order chi connectivity index (χ1) is 8.33. The molecule has 0 aromatic carbocycles. The third kappa shape index (κ3) is 2.91. The normalized spacial score (nSPS) is 10.9. The van der Waals surface area contributed by atoms with Crippen molar-refractivity contribution < 1.29 is 5.11 Å². The van der Waals surface area contributed by atoms with Crippen molar-refractivity contribution in [3.05, 3.63) is 30.1 Å². The summed E-state index contributed by atoms with van der Waals surface area (Å²) in [6.07, 6.45) is 7.15. The Morgan fingerprint density at radius 1 is 1.41 bits per heavy atom. The molecule has 2 aromatic heterocycles. The molecule has 0 aliphatic heterocycles. The molecule has 0 fully saturated rings. The van der Waals surface area contributed by atoms with Crippen molar-refractivity contribution in [3.63, 3.8) is 0 Å². The molecule has 17 heavy (non-hydrogen) atoms. The smallest absolute Gasteiger partial charge is 0.130 e. The van der Waals surface area contributed by atoms with E-state index in [1.54, 1.807) is 10.9 Å². The van der Waals surface area contributed by atoms with Crippen LogP contribution in [0, 0.1) is 0 Å². The first-order valence-electron chi connectivity index (χ1n) is 5.83. The molecule has 1 N–H and O–H groups in total. The van der Waals surface area contributed by atoms with E-state index in [1.807, 2.05) is 12.4 Å². The van der Waals surface area contributed by atoms with Crippen molar-refractivity contribution in [2.45, 2.75) is 32.9 Å². The Labute approximate surface area is 99.9 Å². The van der Waals surface area contributed by atoms with Gasteiger partial charge in [-0.15, -0.1) is 5.10 Å². The third-order valence-corrected chi connectivity index (χ3v) is 2.62. The van der Waals surface area contributed by atoms with Gasteiger partial charge in [0.25, 0.3) is 0 Å². The van der Waals surface area contributed by atoms with Gasteiger partial charge < -0.3 is 9.67 Å². The topological polar surface area (TPSA) is 68.8 Å². The van der Waals surface area contributed by atoms with Gasteiger partial charge in [-0.2, -0.15) is 0 Å². The zero-order valence-electron chi connectivity index (χ0n) is 9.95. The molecule has 0 bridgehead atoms. The van der Waals surface area contributed by atoms with E-state index >= 15 is 0 Å². The summed E-state index contributed by atoms with van der Waals surface area (Å²) in [6, 6.07) is 0. The summed E-state index contributed by atoms with van der Waals surface area (Å²) in [7, 11) is 0. The van der Waals surface area contributed by atoms with Gasteiger partial charge in [-0.25, -0.2) is 9.67 Å². The lowest BCUT2D eigenvalue weighted by Gasteiger charge is -2.03. The third-order valence-electron chi connectivity index (χ3n) is 2.62. The van der Waals surface area contributed by atoms with E-state index in [-0.39, 0.29) is 6.61 Å². The van der Waals surface area contributed by atoms with Gasteiger partial charge in [0.05, 0.1) is 5.69 Å². The highest BCUT2D eigenvalue weighted by atomic mass is 16.2. The maximum absolute atomic E-state index is 8.74. The molecular formula is C11H17N5O. The molecule has 2 heterocycles. The second kappa shape index (κ2) is 5.58. The summed E-state index contributed by atoms with van der Waals surface area (Å²) in [5, 5.41) is 16.8. The molecule has 0 saturated carbocycles. The van der Waals surface area contributed by atoms with Crippen LogP contribution in [0.3, 0.4) is 0 Å². The van der Waals surface area contributed by atoms with E-state index < -0.39 is 0 Å². The summed E-state index contributed by atoms with van der Waals surface area (Å²) >= 11 is 0. The Balaban J connectivity index is 2.01. The molecule has 0 unspecified atom stereocenters. The predicted molar refractivity (Wildman–Crippen MR) is 62.4 cm³/mol. The molecule has 2 rings (SSSR count). The van der Waals surface area contributed by atoms with E-state index in [1.165, 1.54) is 0 Å². The number of aliphatic hydroxyl groups is 1. The number of aryl methyl sites for hydroxylation is 2. The second-order valence-corrected chi connectivity index (χ2v) is 3.86. The number of hydrogen-bond donors (Lipinski definition) is 1. The van der Waals surface area contributed by atoms with E-state index in [9.17, 15) is 0 Å². The molecule has 0 aliphatic carbocycles. The first-order valence-corrected chi connectivity index (χ1v) is 5.83. The molecule has 0 atom stereocenters. The van der Waals surface area contributed by atoms with Crippen LogP contribution in [-0.4, -0.2) is 36.3 Å². The number of aliphatic hydroxyl groups excluding tert-OH is 1. The van der Waals surface area contributed by atoms with Gasteiger partial charge in [0.15, 0.2) is 0 Å². The van der Waals surface area contributed by atoms with Gasteiger partial charge in [0.1, 0.15) is 12.4 Å². The molecule has 0 aliphatic rings. The monoisotopic (exact) mass is 235 g/mol. The standard InChI is InChI=1S/C11H17N5O/c1-2-15-6-5-12-11(15)9-16-8-10(13-14-16)4-3-7-17/h5-6,8,17H,2-4,7,9H2,1H3. The highest BCUT2D eigenvalue weighted by Crippen LogP contribution is 2.02. The van der Waals surface area contributed by atoms with Gasteiger partial charge in [-0.05, 0) is 19.8 Å². The molecule has 0 amide bonds. The summed E-state index contributed by atoms with van der Waals surface area (Å²) in [6.45, 7) is 3.81. The highest BCUT2D eigenvalue weighted by molar-refractivity contribution is 4.97. The van der Waals surface area contributed by atoms with Crippen LogP contribution in [0.4, 0.5) is 0 Å². The lowest BCUT2D eigenvalue weighted by molar-refractivity contribution is 0.288. The molecular weight excluding hydrogens is 218 g/mol.